The summed E-state index contributed by atoms with van der Waals surface area (Å²) in [6.07, 6.45) is 0. The lowest BCUT2D eigenvalue weighted by Crippen LogP contribution is -2.33. The zero-order valence-electron chi connectivity index (χ0n) is 8.02. The Morgan fingerprint density at radius 3 is 2.14 bits per heavy atom. The average Bonchev–Trinajstić information content (AvgIpc) is 2.27. The Hall–Kier alpha value is -1.39. The highest BCUT2D eigenvalue weighted by Gasteiger charge is 2.34. The largest absolute Gasteiger partial charge is 0.422 e. The molecule has 1 rings (SSSR count). The summed E-state index contributed by atoms with van der Waals surface area (Å²) in [5.41, 5.74) is 0.591. The molecule has 1 radical (unpaired) electrons. The molecule has 4 nitrogen and oxygen atoms in total. The highest BCUT2D eigenvalue weighted by molar-refractivity contribution is 5.40. The van der Waals surface area contributed by atoms with Crippen molar-refractivity contribution < 1.29 is 19.0 Å². The Morgan fingerprint density at radius 2 is 1.71 bits per heavy atom. The van der Waals surface area contributed by atoms with E-state index in [1.807, 2.05) is 6.07 Å². The predicted octanol–water partition coefficient (Wildman–Crippen LogP) is 1.17. The zero-order valence-corrected chi connectivity index (χ0v) is 8.02. The third-order valence-electron chi connectivity index (χ3n) is 1.84. The van der Waals surface area contributed by atoms with Crippen LogP contribution >= 0.6 is 0 Å². The molecule has 0 aliphatic rings. The summed E-state index contributed by atoms with van der Waals surface area (Å²) in [4.78, 5) is 10.2. The van der Waals surface area contributed by atoms with Crippen molar-refractivity contribution in [3.8, 4) is 0 Å². The van der Waals surface area contributed by atoms with Crippen molar-refractivity contribution >= 4 is 6.47 Å². The van der Waals surface area contributed by atoms with E-state index in [0.29, 0.717) is 5.56 Å². The van der Waals surface area contributed by atoms with E-state index < -0.39 is 5.97 Å². The van der Waals surface area contributed by atoms with E-state index in [9.17, 15) is 4.79 Å². The smallest absolute Gasteiger partial charge is 0.395 e. The molecule has 0 bridgehead atoms. The highest BCUT2D eigenvalue weighted by Crippen LogP contribution is 2.26. The normalized spacial score (nSPS) is 11.0. The number of hydrogen-bond donors (Lipinski definition) is 0. The highest BCUT2D eigenvalue weighted by atomic mass is 16.9. The SMILES string of the molecule is COC(OC)(O[C]=O)c1ccccc1. The average molecular weight is 195 g/mol. The van der Waals surface area contributed by atoms with Crippen LogP contribution in [-0.2, 0) is 25.0 Å². The second kappa shape index (κ2) is 4.74. The molecule has 0 aromatic heterocycles. The van der Waals surface area contributed by atoms with Gasteiger partial charge < -0.3 is 14.2 Å². The van der Waals surface area contributed by atoms with Crippen LogP contribution < -0.4 is 0 Å². The van der Waals surface area contributed by atoms with Gasteiger partial charge in [-0.3, -0.25) is 0 Å². The van der Waals surface area contributed by atoms with E-state index >= 15 is 0 Å². The Balaban J connectivity index is 3.03. The second-order valence-electron chi connectivity index (χ2n) is 2.52. The minimum absolute atomic E-state index is 0.591. The van der Waals surface area contributed by atoms with E-state index in [-0.39, 0.29) is 0 Å². The van der Waals surface area contributed by atoms with Gasteiger partial charge in [-0.15, -0.1) is 0 Å². The van der Waals surface area contributed by atoms with Gasteiger partial charge in [-0.2, -0.15) is 0 Å². The molecule has 1 aromatic carbocycles. The molecular weight excluding hydrogens is 184 g/mol. The number of rotatable bonds is 5. The fraction of sp³-hybridized carbons (Fsp3) is 0.300. The Kier molecular flexibility index (Phi) is 3.62. The minimum atomic E-state index is -1.50. The maximum atomic E-state index is 10.2. The summed E-state index contributed by atoms with van der Waals surface area (Å²) >= 11 is 0. The number of benzene rings is 1. The van der Waals surface area contributed by atoms with Crippen LogP contribution in [-0.4, -0.2) is 20.7 Å². The van der Waals surface area contributed by atoms with Crippen molar-refractivity contribution in [1.82, 2.24) is 0 Å². The fourth-order valence-corrected chi connectivity index (χ4v) is 1.16. The molecule has 4 heteroatoms. The third-order valence-corrected chi connectivity index (χ3v) is 1.84. The topological polar surface area (TPSA) is 44.8 Å². The molecule has 0 spiro atoms. The summed E-state index contributed by atoms with van der Waals surface area (Å²) < 4.78 is 14.7. The summed E-state index contributed by atoms with van der Waals surface area (Å²) in [6, 6.07) is 8.87. The molecule has 0 N–H and O–H groups in total. The molecule has 0 aliphatic heterocycles. The molecule has 0 saturated heterocycles. The number of ether oxygens (including phenoxy) is 3. The van der Waals surface area contributed by atoms with Gasteiger partial charge in [0.2, 0.25) is 0 Å². The molecular formula is C10H11O4. The van der Waals surface area contributed by atoms with Crippen molar-refractivity contribution in [3.63, 3.8) is 0 Å². The van der Waals surface area contributed by atoms with Gasteiger partial charge in [0.05, 0.1) is 5.56 Å². The van der Waals surface area contributed by atoms with Crippen LogP contribution in [0, 0.1) is 0 Å². The van der Waals surface area contributed by atoms with Crippen LogP contribution in [0.4, 0.5) is 0 Å². The predicted molar refractivity (Wildman–Crippen MR) is 48.9 cm³/mol. The quantitative estimate of drug-likeness (QED) is 0.661. The summed E-state index contributed by atoms with van der Waals surface area (Å²) in [5, 5.41) is 0. The van der Waals surface area contributed by atoms with Crippen LogP contribution in [0.25, 0.3) is 0 Å². The number of methoxy groups -OCH3 is 2. The van der Waals surface area contributed by atoms with Crippen LogP contribution in [0.1, 0.15) is 5.56 Å². The molecule has 0 atom stereocenters. The first-order chi connectivity index (χ1) is 6.79. The van der Waals surface area contributed by atoms with Gasteiger partial charge in [-0.05, 0) is 12.1 Å². The molecule has 0 heterocycles. The van der Waals surface area contributed by atoms with E-state index in [1.54, 1.807) is 24.3 Å². The monoisotopic (exact) mass is 195 g/mol. The lowest BCUT2D eigenvalue weighted by Gasteiger charge is -2.27. The Bertz CT molecular complexity index is 279. The molecule has 0 saturated carbocycles. The second-order valence-corrected chi connectivity index (χ2v) is 2.52. The van der Waals surface area contributed by atoms with Gasteiger partial charge in [-0.25, -0.2) is 4.79 Å². The van der Waals surface area contributed by atoms with Crippen LogP contribution in [0.2, 0.25) is 0 Å². The van der Waals surface area contributed by atoms with Crippen molar-refractivity contribution in [3.05, 3.63) is 35.9 Å². The van der Waals surface area contributed by atoms with Crippen molar-refractivity contribution in [2.45, 2.75) is 5.97 Å². The lowest BCUT2D eigenvalue weighted by atomic mass is 10.2. The van der Waals surface area contributed by atoms with Gasteiger partial charge in [0.1, 0.15) is 0 Å². The Labute approximate surface area is 82.4 Å². The minimum Gasteiger partial charge on any atom is -0.395 e. The maximum Gasteiger partial charge on any atom is 0.422 e. The number of carbonyl (C=O) groups excluding carboxylic acids is 1. The van der Waals surface area contributed by atoms with Gasteiger partial charge in [-0.1, -0.05) is 18.2 Å². The van der Waals surface area contributed by atoms with E-state index in [2.05, 4.69) is 4.74 Å². The standard InChI is InChI=1S/C10H11O4/c1-12-10(13-2,14-8-11)9-6-4-3-5-7-9/h3-7H,1-2H3. The van der Waals surface area contributed by atoms with Gasteiger partial charge in [0.15, 0.2) is 0 Å². The molecule has 0 amide bonds. The maximum absolute atomic E-state index is 10.2. The molecule has 14 heavy (non-hydrogen) atoms. The lowest BCUT2D eigenvalue weighted by molar-refractivity contribution is -0.341. The van der Waals surface area contributed by atoms with Gasteiger partial charge in [0, 0.05) is 14.2 Å². The van der Waals surface area contributed by atoms with Crippen LogP contribution in [0.3, 0.4) is 0 Å². The molecule has 0 aliphatic carbocycles. The molecule has 75 valence electrons. The summed E-state index contributed by atoms with van der Waals surface area (Å²) in [5.74, 6) is -1.50. The Morgan fingerprint density at radius 1 is 1.14 bits per heavy atom. The molecule has 0 fully saturated rings. The first-order valence-corrected chi connectivity index (χ1v) is 4.00. The van der Waals surface area contributed by atoms with Crippen molar-refractivity contribution in [2.24, 2.45) is 0 Å². The first-order valence-electron chi connectivity index (χ1n) is 4.00. The summed E-state index contributed by atoms with van der Waals surface area (Å²) in [7, 11) is 2.77. The van der Waals surface area contributed by atoms with Crippen LogP contribution in [0.5, 0.6) is 0 Å². The van der Waals surface area contributed by atoms with Gasteiger partial charge >= 0.3 is 12.4 Å². The zero-order chi connectivity index (χ0) is 10.4. The third kappa shape index (κ3) is 1.92. The first kappa shape index (κ1) is 10.7. The molecule has 1 aromatic rings. The van der Waals surface area contributed by atoms with Crippen LogP contribution in [0.15, 0.2) is 30.3 Å². The fourth-order valence-electron chi connectivity index (χ4n) is 1.16. The van der Waals surface area contributed by atoms with E-state index in [1.165, 1.54) is 20.7 Å². The van der Waals surface area contributed by atoms with Gasteiger partial charge in [0.25, 0.3) is 0 Å². The van der Waals surface area contributed by atoms with E-state index in [0.717, 1.165) is 0 Å². The van der Waals surface area contributed by atoms with Crippen molar-refractivity contribution in [2.75, 3.05) is 14.2 Å². The van der Waals surface area contributed by atoms with Crippen molar-refractivity contribution in [1.29, 1.82) is 0 Å². The number of hydrogen-bond acceptors (Lipinski definition) is 4. The van der Waals surface area contributed by atoms with E-state index in [4.69, 9.17) is 9.47 Å². The summed E-state index contributed by atoms with van der Waals surface area (Å²) in [6.45, 7) is 1.31. The molecule has 0 unspecified atom stereocenters.